The summed E-state index contributed by atoms with van der Waals surface area (Å²) in [6.07, 6.45) is 3.76. The first-order valence-electron chi connectivity index (χ1n) is 12.6. The summed E-state index contributed by atoms with van der Waals surface area (Å²) in [6.45, 7) is 4.14. The van der Waals surface area contributed by atoms with E-state index in [1.165, 1.54) is 14.0 Å². The molecule has 3 atom stereocenters. The highest BCUT2D eigenvalue weighted by atomic mass is 16.5. The van der Waals surface area contributed by atoms with Crippen LogP contribution in [0.4, 0.5) is 0 Å². The first kappa shape index (κ1) is 26.3. The molecule has 8 heteroatoms. The zero-order valence-corrected chi connectivity index (χ0v) is 22.0. The minimum atomic E-state index is -0.652. The number of H-pyrrole nitrogens is 1. The van der Waals surface area contributed by atoms with Crippen LogP contribution in [0.2, 0.25) is 0 Å². The Morgan fingerprint density at radius 3 is 2.54 bits per heavy atom. The van der Waals surface area contributed by atoms with Gasteiger partial charge in [0.25, 0.3) is 0 Å². The number of nitrogens with one attached hydrogen (secondary N) is 1. The van der Waals surface area contributed by atoms with Crippen molar-refractivity contribution < 1.29 is 28.6 Å². The van der Waals surface area contributed by atoms with Gasteiger partial charge in [-0.05, 0) is 48.2 Å². The fourth-order valence-electron chi connectivity index (χ4n) is 5.33. The maximum atomic E-state index is 12.8. The highest BCUT2D eigenvalue weighted by molar-refractivity contribution is 5.90. The minimum absolute atomic E-state index is 0.0120. The molecular formula is C29H34N2O6. The summed E-state index contributed by atoms with van der Waals surface area (Å²) in [5.74, 6) is -0.657. The van der Waals surface area contributed by atoms with Crippen LogP contribution in [0.1, 0.15) is 72.2 Å². The van der Waals surface area contributed by atoms with Crippen LogP contribution in [0.25, 0.3) is 10.9 Å². The number of carbonyl (C=O) groups excluding carboxylic acids is 3. The van der Waals surface area contributed by atoms with Crippen molar-refractivity contribution in [3.63, 3.8) is 0 Å². The number of fused-ring (bicyclic) bond motifs is 1. The van der Waals surface area contributed by atoms with Gasteiger partial charge >= 0.3 is 11.9 Å². The summed E-state index contributed by atoms with van der Waals surface area (Å²) in [6, 6.07) is 11.3. The molecule has 3 aromatic rings. The fourth-order valence-corrected chi connectivity index (χ4v) is 5.33. The third-order valence-electron chi connectivity index (χ3n) is 7.18. The van der Waals surface area contributed by atoms with Crippen LogP contribution in [-0.2, 0) is 19.1 Å². The summed E-state index contributed by atoms with van der Waals surface area (Å²) in [4.78, 5) is 41.9. The van der Waals surface area contributed by atoms with Crippen molar-refractivity contribution in [2.75, 3.05) is 27.8 Å². The summed E-state index contributed by atoms with van der Waals surface area (Å²) < 4.78 is 16.3. The van der Waals surface area contributed by atoms with Crippen molar-refractivity contribution in [3.8, 4) is 5.75 Å². The SMILES string of the molecule is CCCC(c1ccc(C(=O)OC)cc1OC)c1c[nH]c2ccc(C(OC(C)=O)C3CCN(C)C3=O)cc12. The number of carbonyl (C=O) groups is 3. The van der Waals surface area contributed by atoms with Gasteiger partial charge in [-0.25, -0.2) is 4.79 Å². The third-order valence-corrected chi connectivity index (χ3v) is 7.18. The number of benzene rings is 2. The van der Waals surface area contributed by atoms with Gasteiger partial charge in [-0.1, -0.05) is 25.5 Å². The summed E-state index contributed by atoms with van der Waals surface area (Å²) in [5.41, 5.74) is 4.20. The Kier molecular flexibility index (Phi) is 7.86. The Morgan fingerprint density at radius 2 is 1.92 bits per heavy atom. The van der Waals surface area contributed by atoms with Gasteiger partial charge in [0.2, 0.25) is 5.91 Å². The average molecular weight is 507 g/mol. The van der Waals surface area contributed by atoms with Crippen LogP contribution < -0.4 is 4.74 Å². The molecule has 4 rings (SSSR count). The van der Waals surface area contributed by atoms with Crippen LogP contribution in [-0.4, -0.2) is 55.5 Å². The van der Waals surface area contributed by atoms with Gasteiger partial charge in [-0.15, -0.1) is 0 Å². The lowest BCUT2D eigenvalue weighted by Crippen LogP contribution is -2.28. The van der Waals surface area contributed by atoms with E-state index in [0.29, 0.717) is 24.3 Å². The quantitative estimate of drug-likeness (QED) is 0.411. The normalized spacial score (nSPS) is 17.1. The second-order valence-electron chi connectivity index (χ2n) is 9.52. The number of likely N-dealkylation sites (tertiary alicyclic amines) is 1. The predicted octanol–water partition coefficient (Wildman–Crippen LogP) is 4.98. The highest BCUT2D eigenvalue weighted by Crippen LogP contribution is 2.41. The van der Waals surface area contributed by atoms with Crippen molar-refractivity contribution in [3.05, 3.63) is 64.8 Å². The van der Waals surface area contributed by atoms with E-state index in [-0.39, 0.29) is 11.8 Å². The number of methoxy groups -OCH3 is 2. The van der Waals surface area contributed by atoms with Crippen LogP contribution >= 0.6 is 0 Å². The maximum Gasteiger partial charge on any atom is 0.337 e. The molecule has 0 saturated carbocycles. The standard InChI is InChI=1S/C29H34N2O6/c1-6-7-20(21-10-8-19(29(34)36-5)15-26(21)35-4)24-16-30-25-11-9-18(14-23(24)25)27(37-17(2)32)22-12-13-31(3)28(22)33/h8-11,14-16,20,22,27,30H,6-7,12-13H2,1-5H3. The van der Waals surface area contributed by atoms with Crippen molar-refractivity contribution >= 4 is 28.7 Å². The van der Waals surface area contributed by atoms with Crippen LogP contribution in [0.3, 0.4) is 0 Å². The van der Waals surface area contributed by atoms with Crippen LogP contribution in [0.15, 0.2) is 42.6 Å². The van der Waals surface area contributed by atoms with Crippen molar-refractivity contribution in [1.82, 2.24) is 9.88 Å². The first-order chi connectivity index (χ1) is 17.8. The van der Waals surface area contributed by atoms with Gasteiger partial charge < -0.3 is 24.1 Å². The van der Waals surface area contributed by atoms with Crippen molar-refractivity contribution in [1.29, 1.82) is 0 Å². The number of hydrogen-bond donors (Lipinski definition) is 1. The summed E-state index contributed by atoms with van der Waals surface area (Å²) >= 11 is 0. The van der Waals surface area contributed by atoms with Gasteiger partial charge in [0.1, 0.15) is 11.9 Å². The summed E-state index contributed by atoms with van der Waals surface area (Å²) in [7, 11) is 4.72. The Balaban J connectivity index is 1.80. The van der Waals surface area contributed by atoms with E-state index in [0.717, 1.165) is 40.4 Å². The molecular weight excluding hydrogens is 472 g/mol. The van der Waals surface area contributed by atoms with Gasteiger partial charge in [0.05, 0.1) is 25.7 Å². The molecule has 1 fully saturated rings. The summed E-state index contributed by atoms with van der Waals surface area (Å²) in [5, 5.41) is 0.992. The number of hydrogen-bond acceptors (Lipinski definition) is 6. The molecule has 0 spiro atoms. The molecule has 2 heterocycles. The van der Waals surface area contributed by atoms with E-state index in [1.807, 2.05) is 30.5 Å². The second-order valence-corrected chi connectivity index (χ2v) is 9.52. The molecule has 1 aliphatic heterocycles. The lowest BCUT2D eigenvalue weighted by molar-refractivity contribution is -0.152. The molecule has 2 aromatic carbocycles. The molecule has 3 unspecified atom stereocenters. The molecule has 1 aromatic heterocycles. The maximum absolute atomic E-state index is 12.8. The average Bonchev–Trinajstić information content (AvgIpc) is 3.47. The predicted molar refractivity (Wildman–Crippen MR) is 140 cm³/mol. The molecule has 0 aliphatic carbocycles. The number of amides is 1. The smallest absolute Gasteiger partial charge is 0.337 e. The highest BCUT2D eigenvalue weighted by Gasteiger charge is 2.38. The lowest BCUT2D eigenvalue weighted by Gasteiger charge is -2.23. The zero-order chi connectivity index (χ0) is 26.7. The Bertz CT molecular complexity index is 1310. The number of aromatic amines is 1. The fraction of sp³-hybridized carbons (Fsp3) is 0.414. The monoisotopic (exact) mass is 506 g/mol. The van der Waals surface area contributed by atoms with Gasteiger partial charge in [0.15, 0.2) is 0 Å². The van der Waals surface area contributed by atoms with E-state index < -0.39 is 24.0 Å². The topological polar surface area (TPSA) is 97.9 Å². The molecule has 196 valence electrons. The van der Waals surface area contributed by atoms with Crippen molar-refractivity contribution in [2.24, 2.45) is 5.92 Å². The lowest BCUT2D eigenvalue weighted by atomic mass is 9.85. The largest absolute Gasteiger partial charge is 0.496 e. The third kappa shape index (κ3) is 5.19. The van der Waals surface area contributed by atoms with Crippen LogP contribution in [0.5, 0.6) is 5.75 Å². The Labute approximate surface area is 216 Å². The Hall–Kier alpha value is -3.81. The molecule has 1 N–H and O–H groups in total. The molecule has 37 heavy (non-hydrogen) atoms. The number of rotatable bonds is 9. The molecule has 1 aliphatic rings. The molecule has 1 saturated heterocycles. The first-order valence-corrected chi connectivity index (χ1v) is 12.6. The van der Waals surface area contributed by atoms with Crippen molar-refractivity contribution in [2.45, 2.75) is 45.1 Å². The number of nitrogens with zero attached hydrogens (tertiary/aromatic N) is 1. The van der Waals surface area contributed by atoms with E-state index in [4.69, 9.17) is 14.2 Å². The van der Waals surface area contributed by atoms with Crippen LogP contribution in [0, 0.1) is 5.92 Å². The van der Waals surface area contributed by atoms with E-state index in [1.54, 1.807) is 31.2 Å². The second kappa shape index (κ2) is 11.1. The van der Waals surface area contributed by atoms with E-state index >= 15 is 0 Å². The van der Waals surface area contributed by atoms with Gasteiger partial charge in [-0.2, -0.15) is 0 Å². The number of aromatic nitrogens is 1. The van der Waals surface area contributed by atoms with E-state index in [2.05, 4.69) is 11.9 Å². The molecule has 0 bridgehead atoms. The molecule has 0 radical (unpaired) electrons. The molecule has 1 amide bonds. The number of ether oxygens (including phenoxy) is 3. The zero-order valence-electron chi connectivity index (χ0n) is 22.0. The van der Waals surface area contributed by atoms with E-state index in [9.17, 15) is 14.4 Å². The Morgan fingerprint density at radius 1 is 1.14 bits per heavy atom. The molecule has 8 nitrogen and oxygen atoms in total. The minimum Gasteiger partial charge on any atom is -0.496 e. The van der Waals surface area contributed by atoms with Gasteiger partial charge in [-0.3, -0.25) is 9.59 Å². The van der Waals surface area contributed by atoms with Gasteiger partial charge in [0, 0.05) is 49.1 Å². The number of esters is 2.